The van der Waals surface area contributed by atoms with Crippen LogP contribution in [0.1, 0.15) is 49.9 Å². The van der Waals surface area contributed by atoms with E-state index < -0.39 is 11.9 Å². The van der Waals surface area contributed by atoms with Crippen molar-refractivity contribution in [3.63, 3.8) is 0 Å². The van der Waals surface area contributed by atoms with Crippen LogP contribution in [0.25, 0.3) is 0 Å². The van der Waals surface area contributed by atoms with E-state index in [9.17, 15) is 14.4 Å². The molecule has 2 fully saturated rings. The van der Waals surface area contributed by atoms with Crippen LogP contribution in [-0.2, 0) is 9.59 Å². The summed E-state index contributed by atoms with van der Waals surface area (Å²) in [5, 5.41) is 5.91. The zero-order chi connectivity index (χ0) is 24.1. The van der Waals surface area contributed by atoms with Gasteiger partial charge in [0.05, 0.1) is 21.3 Å². The molecule has 1 unspecified atom stereocenters. The maximum Gasteiger partial charge on any atom is 0.252 e. The number of carbonyl (C=O) groups excluding carboxylic acids is 3. The van der Waals surface area contributed by atoms with Crippen LogP contribution in [0.4, 0.5) is 0 Å². The minimum atomic E-state index is -0.706. The Kier molecular flexibility index (Phi) is 8.05. The van der Waals surface area contributed by atoms with Crippen molar-refractivity contribution in [1.82, 2.24) is 15.5 Å². The van der Waals surface area contributed by atoms with Crippen LogP contribution in [0.15, 0.2) is 12.1 Å². The lowest BCUT2D eigenvalue weighted by atomic mass is 10.00. The van der Waals surface area contributed by atoms with Crippen molar-refractivity contribution in [3.05, 3.63) is 17.7 Å². The molecule has 9 nitrogen and oxygen atoms in total. The number of hydrogen-bond acceptors (Lipinski definition) is 6. The molecule has 33 heavy (non-hydrogen) atoms. The third-order valence-corrected chi connectivity index (χ3v) is 6.24. The van der Waals surface area contributed by atoms with Gasteiger partial charge in [0.25, 0.3) is 5.91 Å². The zero-order valence-electron chi connectivity index (χ0n) is 20.1. The molecule has 182 valence electrons. The van der Waals surface area contributed by atoms with Crippen LogP contribution < -0.4 is 24.8 Å². The molecule has 9 heteroatoms. The van der Waals surface area contributed by atoms with Gasteiger partial charge in [0.2, 0.25) is 17.6 Å². The highest BCUT2D eigenvalue weighted by Crippen LogP contribution is 2.38. The van der Waals surface area contributed by atoms with Crippen molar-refractivity contribution in [2.24, 2.45) is 11.8 Å². The van der Waals surface area contributed by atoms with E-state index in [0.29, 0.717) is 35.9 Å². The van der Waals surface area contributed by atoms with Gasteiger partial charge < -0.3 is 29.7 Å². The van der Waals surface area contributed by atoms with E-state index in [1.54, 1.807) is 12.1 Å². The van der Waals surface area contributed by atoms with Crippen LogP contribution in [-0.4, -0.2) is 69.1 Å². The molecule has 1 saturated heterocycles. The van der Waals surface area contributed by atoms with E-state index in [4.69, 9.17) is 14.2 Å². The van der Waals surface area contributed by atoms with Crippen molar-refractivity contribution in [2.45, 2.75) is 51.6 Å². The van der Waals surface area contributed by atoms with Crippen molar-refractivity contribution in [1.29, 1.82) is 0 Å². The number of ether oxygens (including phenoxy) is 3. The quantitative estimate of drug-likeness (QED) is 0.583. The number of carbonyl (C=O) groups is 3. The summed E-state index contributed by atoms with van der Waals surface area (Å²) >= 11 is 0. The molecule has 0 bridgehead atoms. The molecule has 1 aromatic carbocycles. The number of hydrogen-bond donors (Lipinski definition) is 2. The SMILES string of the molecule is COc1cc(C(=O)NC(C(=O)NC2CCN(C(=O)C3CC3)CC2)C(C)C)cc(OC)c1OC. The van der Waals surface area contributed by atoms with Gasteiger partial charge in [-0.1, -0.05) is 13.8 Å². The van der Waals surface area contributed by atoms with Crippen molar-refractivity contribution >= 4 is 17.7 Å². The average Bonchev–Trinajstić information content (AvgIpc) is 3.66. The molecule has 3 rings (SSSR count). The van der Waals surface area contributed by atoms with E-state index in [0.717, 1.165) is 25.7 Å². The summed E-state index contributed by atoms with van der Waals surface area (Å²) in [6.07, 6.45) is 3.43. The van der Waals surface area contributed by atoms with Gasteiger partial charge in [-0.2, -0.15) is 0 Å². The van der Waals surface area contributed by atoms with Gasteiger partial charge in [0, 0.05) is 30.6 Å². The van der Waals surface area contributed by atoms with Gasteiger partial charge in [0.1, 0.15) is 6.04 Å². The lowest BCUT2D eigenvalue weighted by Gasteiger charge is -2.33. The van der Waals surface area contributed by atoms with Gasteiger partial charge in [0.15, 0.2) is 11.5 Å². The molecular weight excluding hydrogens is 426 g/mol. The number of benzene rings is 1. The molecule has 1 heterocycles. The highest BCUT2D eigenvalue weighted by Gasteiger charge is 2.35. The van der Waals surface area contributed by atoms with Crippen LogP contribution in [0, 0.1) is 11.8 Å². The minimum absolute atomic E-state index is 0.0138. The molecule has 2 aliphatic rings. The highest BCUT2D eigenvalue weighted by atomic mass is 16.5. The summed E-state index contributed by atoms with van der Waals surface area (Å²) in [5.41, 5.74) is 0.301. The van der Waals surface area contributed by atoms with E-state index in [2.05, 4.69) is 10.6 Å². The summed E-state index contributed by atoms with van der Waals surface area (Å²) in [5.74, 6) is 0.823. The van der Waals surface area contributed by atoms with Gasteiger partial charge in [-0.3, -0.25) is 14.4 Å². The van der Waals surface area contributed by atoms with Crippen LogP contribution in [0.5, 0.6) is 17.2 Å². The normalized spacial score (nSPS) is 17.3. The fourth-order valence-electron chi connectivity index (χ4n) is 4.10. The number of methoxy groups -OCH3 is 3. The van der Waals surface area contributed by atoms with Crippen LogP contribution in [0.2, 0.25) is 0 Å². The van der Waals surface area contributed by atoms with Gasteiger partial charge in [-0.05, 0) is 43.7 Å². The molecule has 2 N–H and O–H groups in total. The fraction of sp³-hybridized carbons (Fsp3) is 0.625. The maximum atomic E-state index is 13.0. The Morgan fingerprint density at radius 2 is 1.52 bits per heavy atom. The smallest absolute Gasteiger partial charge is 0.252 e. The summed E-state index contributed by atoms with van der Waals surface area (Å²) < 4.78 is 15.9. The number of rotatable bonds is 9. The van der Waals surface area contributed by atoms with E-state index >= 15 is 0 Å². The van der Waals surface area contributed by atoms with Crippen LogP contribution in [0.3, 0.4) is 0 Å². The predicted octanol–water partition coefficient (Wildman–Crippen LogP) is 1.98. The molecule has 1 aliphatic heterocycles. The second-order valence-electron chi connectivity index (χ2n) is 8.99. The molecular formula is C24H35N3O6. The van der Waals surface area contributed by atoms with Gasteiger partial charge in [-0.15, -0.1) is 0 Å². The molecule has 3 amide bonds. The standard InChI is InChI=1S/C24H35N3O6/c1-14(2)20(23(29)25-17-8-10-27(11-9-17)24(30)15-6-7-15)26-22(28)16-12-18(31-3)21(33-5)19(13-16)32-4/h12-15,17,20H,6-11H2,1-5H3,(H,25,29)(H,26,28). The lowest BCUT2D eigenvalue weighted by Crippen LogP contribution is -2.54. The Bertz CT molecular complexity index is 850. The molecule has 1 atom stereocenters. The Hall–Kier alpha value is -2.97. The number of piperidine rings is 1. The van der Waals surface area contributed by atoms with Crippen LogP contribution >= 0.6 is 0 Å². The Morgan fingerprint density at radius 3 is 1.97 bits per heavy atom. The molecule has 0 aromatic heterocycles. The zero-order valence-corrected chi connectivity index (χ0v) is 20.1. The topological polar surface area (TPSA) is 106 Å². The fourth-order valence-corrected chi connectivity index (χ4v) is 4.10. The first-order chi connectivity index (χ1) is 15.8. The number of amides is 3. The number of likely N-dealkylation sites (tertiary alicyclic amines) is 1. The highest BCUT2D eigenvalue weighted by molar-refractivity contribution is 5.98. The summed E-state index contributed by atoms with van der Waals surface area (Å²) in [6.45, 7) is 5.09. The molecule has 1 saturated carbocycles. The monoisotopic (exact) mass is 461 g/mol. The number of nitrogens with zero attached hydrogens (tertiary/aromatic N) is 1. The molecule has 1 aliphatic carbocycles. The third kappa shape index (κ3) is 5.89. The average molecular weight is 462 g/mol. The van der Waals surface area contributed by atoms with Crippen molar-refractivity contribution in [2.75, 3.05) is 34.4 Å². The first-order valence-electron chi connectivity index (χ1n) is 11.5. The largest absolute Gasteiger partial charge is 0.493 e. The Morgan fingerprint density at radius 1 is 0.939 bits per heavy atom. The number of nitrogens with one attached hydrogen (secondary N) is 2. The maximum absolute atomic E-state index is 13.0. The molecule has 0 spiro atoms. The van der Waals surface area contributed by atoms with E-state index in [1.165, 1.54) is 21.3 Å². The summed E-state index contributed by atoms with van der Waals surface area (Å²) in [6, 6.07) is 2.39. The van der Waals surface area contributed by atoms with Crippen molar-refractivity contribution in [3.8, 4) is 17.2 Å². The molecule has 1 aromatic rings. The summed E-state index contributed by atoms with van der Waals surface area (Å²) in [4.78, 5) is 40.2. The van der Waals surface area contributed by atoms with E-state index in [-0.39, 0.29) is 29.7 Å². The van der Waals surface area contributed by atoms with Crippen molar-refractivity contribution < 1.29 is 28.6 Å². The van der Waals surface area contributed by atoms with Gasteiger partial charge >= 0.3 is 0 Å². The lowest BCUT2D eigenvalue weighted by molar-refractivity contribution is -0.133. The second-order valence-corrected chi connectivity index (χ2v) is 8.99. The first-order valence-corrected chi connectivity index (χ1v) is 11.5. The first kappa shape index (κ1) is 24.7. The summed E-state index contributed by atoms with van der Waals surface area (Å²) in [7, 11) is 4.45. The predicted molar refractivity (Wildman–Crippen MR) is 123 cm³/mol. The Labute approximate surface area is 195 Å². The Balaban J connectivity index is 1.62. The third-order valence-electron chi connectivity index (χ3n) is 6.24. The van der Waals surface area contributed by atoms with E-state index in [1.807, 2.05) is 18.7 Å². The second kappa shape index (κ2) is 10.8. The van der Waals surface area contributed by atoms with Gasteiger partial charge in [-0.25, -0.2) is 0 Å². The molecule has 0 radical (unpaired) electrons. The minimum Gasteiger partial charge on any atom is -0.493 e.